The van der Waals surface area contributed by atoms with Crippen molar-refractivity contribution < 1.29 is 27.9 Å². The summed E-state index contributed by atoms with van der Waals surface area (Å²) in [6.45, 7) is 1.55. The van der Waals surface area contributed by atoms with Gasteiger partial charge in [0.05, 0.1) is 12.3 Å². The Hall–Kier alpha value is -3.19. The number of esters is 1. The van der Waals surface area contributed by atoms with E-state index >= 15 is 0 Å². The molecule has 1 amide bonds. The molecular weight excluding hydrogens is 353 g/mol. The lowest BCUT2D eigenvalue weighted by atomic mass is 10.1. The number of carbonyl (C=O) groups excluding carboxylic acids is 2. The molecule has 1 atom stereocenters. The van der Waals surface area contributed by atoms with Crippen LogP contribution in [-0.4, -0.2) is 25.1 Å². The summed E-state index contributed by atoms with van der Waals surface area (Å²) < 4.78 is 29.6. The number of hydrogen-bond acceptors (Lipinski definition) is 5. The van der Waals surface area contributed by atoms with E-state index in [2.05, 4.69) is 5.32 Å². The van der Waals surface area contributed by atoms with E-state index in [0.29, 0.717) is 11.1 Å². The van der Waals surface area contributed by atoms with Crippen molar-refractivity contribution in [3.63, 3.8) is 0 Å². The zero-order valence-electron chi connectivity index (χ0n) is 14.8. The lowest BCUT2D eigenvalue weighted by Gasteiger charge is -2.13. The van der Waals surface area contributed by atoms with Gasteiger partial charge in [-0.1, -0.05) is 30.3 Å². The van der Waals surface area contributed by atoms with Gasteiger partial charge < -0.3 is 19.2 Å². The van der Waals surface area contributed by atoms with Crippen molar-refractivity contribution in [2.75, 3.05) is 12.4 Å². The summed E-state index contributed by atoms with van der Waals surface area (Å²) in [5.74, 6) is -2.06. The van der Waals surface area contributed by atoms with Crippen LogP contribution in [0.2, 0.25) is 0 Å². The number of amides is 1. The summed E-state index contributed by atoms with van der Waals surface area (Å²) in [7, 11) is 1.50. The van der Waals surface area contributed by atoms with E-state index in [1.54, 1.807) is 24.3 Å². The number of benzene rings is 2. The van der Waals surface area contributed by atoms with Gasteiger partial charge >= 0.3 is 5.97 Å². The fourth-order valence-electron chi connectivity index (χ4n) is 2.62. The average Bonchev–Trinajstić information content (AvgIpc) is 3.03. The number of carbonyl (C=O) groups is 2. The molecular formula is C20H18FNO5. The second-order valence-electron chi connectivity index (χ2n) is 5.86. The second-order valence-corrected chi connectivity index (χ2v) is 5.86. The van der Waals surface area contributed by atoms with Crippen LogP contribution >= 0.6 is 0 Å². The van der Waals surface area contributed by atoms with Gasteiger partial charge in [-0.15, -0.1) is 0 Å². The molecule has 7 heteroatoms. The first kappa shape index (κ1) is 18.6. The van der Waals surface area contributed by atoms with E-state index in [9.17, 15) is 14.0 Å². The van der Waals surface area contributed by atoms with Crippen molar-refractivity contribution in [3.05, 3.63) is 65.7 Å². The maximum atomic E-state index is 13.6. The van der Waals surface area contributed by atoms with Crippen LogP contribution < -0.4 is 5.32 Å². The van der Waals surface area contributed by atoms with Gasteiger partial charge in [-0.05, 0) is 25.1 Å². The number of fused-ring (bicyclic) bond motifs is 1. The highest BCUT2D eigenvalue weighted by Crippen LogP contribution is 2.27. The second kappa shape index (κ2) is 8.01. The van der Waals surface area contributed by atoms with Gasteiger partial charge in [0.2, 0.25) is 5.76 Å². The molecule has 3 rings (SSSR count). The highest BCUT2D eigenvalue weighted by Gasteiger charge is 2.26. The Bertz CT molecular complexity index is 981. The molecule has 1 aromatic heterocycles. The smallest absolute Gasteiger partial charge is 0.375 e. The van der Waals surface area contributed by atoms with Crippen molar-refractivity contribution >= 4 is 28.5 Å². The summed E-state index contributed by atoms with van der Waals surface area (Å²) in [5, 5.41) is 3.12. The number of hydrogen-bond donors (Lipinski definition) is 1. The molecule has 0 spiro atoms. The molecule has 0 unspecified atom stereocenters. The van der Waals surface area contributed by atoms with Gasteiger partial charge in [0.25, 0.3) is 5.91 Å². The molecule has 140 valence electrons. The van der Waals surface area contributed by atoms with Gasteiger partial charge in [0.1, 0.15) is 11.4 Å². The van der Waals surface area contributed by atoms with E-state index in [4.69, 9.17) is 13.9 Å². The van der Waals surface area contributed by atoms with E-state index in [-0.39, 0.29) is 18.1 Å². The summed E-state index contributed by atoms with van der Waals surface area (Å²) in [6.07, 6.45) is -1.15. The maximum absolute atomic E-state index is 13.6. The summed E-state index contributed by atoms with van der Waals surface area (Å²) in [4.78, 5) is 24.7. The maximum Gasteiger partial charge on any atom is 0.375 e. The minimum absolute atomic E-state index is 0.00853. The molecule has 1 heterocycles. The minimum atomic E-state index is -1.15. The number of para-hydroxylation sites is 2. The molecule has 0 aliphatic rings. The van der Waals surface area contributed by atoms with E-state index in [0.717, 1.165) is 5.39 Å². The van der Waals surface area contributed by atoms with Crippen LogP contribution in [0.5, 0.6) is 0 Å². The van der Waals surface area contributed by atoms with E-state index in [1.165, 1.54) is 32.2 Å². The van der Waals surface area contributed by atoms with Crippen molar-refractivity contribution in [1.82, 2.24) is 0 Å². The SMILES string of the molecule is COCc1c(C(=O)O[C@@H](C)C(=O)Nc2ccccc2F)oc2ccccc12. The Morgan fingerprint density at radius 2 is 1.85 bits per heavy atom. The molecule has 27 heavy (non-hydrogen) atoms. The molecule has 0 aliphatic heterocycles. The van der Waals surface area contributed by atoms with Crippen LogP contribution in [0.25, 0.3) is 11.0 Å². The lowest BCUT2D eigenvalue weighted by Crippen LogP contribution is -2.30. The molecule has 0 bridgehead atoms. The molecule has 1 N–H and O–H groups in total. The minimum Gasteiger partial charge on any atom is -0.449 e. The number of nitrogens with one attached hydrogen (secondary N) is 1. The first-order valence-corrected chi connectivity index (χ1v) is 8.27. The predicted molar refractivity (Wildman–Crippen MR) is 96.8 cm³/mol. The number of halogens is 1. The fourth-order valence-corrected chi connectivity index (χ4v) is 2.62. The van der Waals surface area contributed by atoms with Crippen molar-refractivity contribution in [3.8, 4) is 0 Å². The zero-order valence-corrected chi connectivity index (χ0v) is 14.8. The van der Waals surface area contributed by atoms with Crippen LogP contribution in [0.15, 0.2) is 52.9 Å². The highest BCUT2D eigenvalue weighted by molar-refractivity contribution is 5.99. The molecule has 0 saturated carbocycles. The molecule has 0 aliphatic carbocycles. The number of anilines is 1. The Morgan fingerprint density at radius 1 is 1.15 bits per heavy atom. The summed E-state index contributed by atoms with van der Waals surface area (Å²) in [5.41, 5.74) is 1.06. The number of rotatable bonds is 6. The van der Waals surface area contributed by atoms with Crippen LogP contribution in [0.3, 0.4) is 0 Å². The Balaban J connectivity index is 1.76. The zero-order chi connectivity index (χ0) is 19.4. The van der Waals surface area contributed by atoms with Gasteiger partial charge in [-0.2, -0.15) is 0 Å². The molecule has 6 nitrogen and oxygen atoms in total. The monoisotopic (exact) mass is 371 g/mol. The number of ether oxygens (including phenoxy) is 2. The highest BCUT2D eigenvalue weighted by atomic mass is 19.1. The summed E-state index contributed by atoms with van der Waals surface area (Å²) >= 11 is 0. The normalized spacial score (nSPS) is 12.0. The van der Waals surface area contributed by atoms with Gasteiger partial charge in [0.15, 0.2) is 6.10 Å². The Kier molecular flexibility index (Phi) is 5.52. The topological polar surface area (TPSA) is 77.8 Å². The summed E-state index contributed by atoms with van der Waals surface area (Å²) in [6, 6.07) is 12.8. The van der Waals surface area contributed by atoms with Crippen molar-refractivity contribution in [2.24, 2.45) is 0 Å². The fraction of sp³-hybridized carbons (Fsp3) is 0.200. The first-order chi connectivity index (χ1) is 13.0. The van der Waals surface area contributed by atoms with Gasteiger partial charge in [0, 0.05) is 18.1 Å². The predicted octanol–water partition coefficient (Wildman–Crippen LogP) is 3.90. The van der Waals surface area contributed by atoms with Crippen LogP contribution in [0.4, 0.5) is 10.1 Å². The Morgan fingerprint density at radius 3 is 2.59 bits per heavy atom. The van der Waals surface area contributed by atoms with Crippen LogP contribution in [0, 0.1) is 5.82 Å². The molecule has 3 aromatic rings. The number of furan rings is 1. The van der Waals surface area contributed by atoms with Crippen molar-refractivity contribution in [1.29, 1.82) is 0 Å². The van der Waals surface area contributed by atoms with Gasteiger partial charge in [-0.25, -0.2) is 9.18 Å². The molecule has 0 saturated heterocycles. The van der Waals surface area contributed by atoms with E-state index in [1.807, 2.05) is 6.07 Å². The average molecular weight is 371 g/mol. The third-order valence-corrected chi connectivity index (χ3v) is 3.96. The Labute approximate surface area is 154 Å². The standard InChI is InChI=1S/C20H18FNO5/c1-12(19(23)22-16-9-5-4-8-15(16)21)26-20(24)18-14(11-25-2)13-7-3-6-10-17(13)27-18/h3-10,12H,11H2,1-2H3,(H,22,23)/t12-/m0/s1. The molecule has 0 fully saturated rings. The van der Waals surface area contributed by atoms with Crippen LogP contribution in [0.1, 0.15) is 23.0 Å². The van der Waals surface area contributed by atoms with Crippen molar-refractivity contribution in [2.45, 2.75) is 19.6 Å². The quantitative estimate of drug-likeness (QED) is 0.665. The van der Waals surface area contributed by atoms with Gasteiger partial charge in [-0.3, -0.25) is 4.79 Å². The number of methoxy groups -OCH3 is 1. The molecule has 2 aromatic carbocycles. The molecule has 0 radical (unpaired) electrons. The third kappa shape index (κ3) is 3.98. The van der Waals surface area contributed by atoms with E-state index < -0.39 is 23.8 Å². The largest absolute Gasteiger partial charge is 0.449 e. The third-order valence-electron chi connectivity index (χ3n) is 3.96. The van der Waals surface area contributed by atoms with Crippen LogP contribution in [-0.2, 0) is 20.9 Å². The first-order valence-electron chi connectivity index (χ1n) is 8.27. The lowest BCUT2D eigenvalue weighted by molar-refractivity contribution is -0.123.